The summed E-state index contributed by atoms with van der Waals surface area (Å²) in [6, 6.07) is 9.40. The summed E-state index contributed by atoms with van der Waals surface area (Å²) in [5.41, 5.74) is 1.80. The van der Waals surface area contributed by atoms with E-state index in [2.05, 4.69) is 9.97 Å². The zero-order valence-electron chi connectivity index (χ0n) is 15.7. The van der Waals surface area contributed by atoms with Crippen molar-refractivity contribution in [1.29, 1.82) is 0 Å². The number of nitrogens with zero attached hydrogens (tertiary/aromatic N) is 3. The Labute approximate surface area is 167 Å². The normalized spacial score (nSPS) is 12.9. The Morgan fingerprint density at radius 3 is 2.71 bits per heavy atom. The smallest absolute Gasteiger partial charge is 0.150 e. The second-order valence-corrected chi connectivity index (χ2v) is 7.38. The molecular weight excluding hydrogens is 377 g/mol. The quantitative estimate of drug-likeness (QED) is 0.576. The molecule has 0 radical (unpaired) electrons. The number of rotatable bonds is 8. The van der Waals surface area contributed by atoms with E-state index in [4.69, 9.17) is 9.84 Å². The van der Waals surface area contributed by atoms with E-state index in [9.17, 15) is 4.39 Å². The summed E-state index contributed by atoms with van der Waals surface area (Å²) in [5, 5.41) is 9.91. The van der Waals surface area contributed by atoms with Gasteiger partial charge in [-0.1, -0.05) is 18.2 Å². The lowest BCUT2D eigenvalue weighted by Gasteiger charge is -2.12. The summed E-state index contributed by atoms with van der Waals surface area (Å²) in [6.45, 7) is -1.10. The molecule has 0 saturated heterocycles. The number of hydrogen-bond donors (Lipinski definition) is 1. The topological polar surface area (TPSA) is 58.5 Å². The third-order valence-electron chi connectivity index (χ3n) is 3.92. The molecule has 0 aliphatic rings. The number of aromatic nitrogens is 2. The fraction of sp³-hybridized carbons (Fsp3) is 0.238. The van der Waals surface area contributed by atoms with Crippen LogP contribution in [0.5, 0.6) is 5.75 Å². The molecule has 0 saturated carbocycles. The highest BCUT2D eigenvalue weighted by Gasteiger charge is 2.10. The van der Waals surface area contributed by atoms with Crippen molar-refractivity contribution >= 4 is 39.5 Å². The Morgan fingerprint density at radius 2 is 2.04 bits per heavy atom. The van der Waals surface area contributed by atoms with E-state index in [0.717, 1.165) is 26.6 Å². The molecule has 7 heteroatoms. The van der Waals surface area contributed by atoms with Gasteiger partial charge in [-0.05, 0) is 35.9 Å². The molecule has 0 aliphatic heterocycles. The molecule has 28 heavy (non-hydrogen) atoms. The van der Waals surface area contributed by atoms with Crippen LogP contribution in [0.3, 0.4) is 0 Å². The van der Waals surface area contributed by atoms with Crippen LogP contribution in [0.25, 0.3) is 22.4 Å². The number of allylic oxidation sites excluding steroid dienone is 2. The van der Waals surface area contributed by atoms with Crippen LogP contribution in [-0.2, 0) is 0 Å². The lowest BCUT2D eigenvalue weighted by atomic mass is 10.2. The molecule has 3 aromatic rings. The van der Waals surface area contributed by atoms with Gasteiger partial charge in [-0.3, -0.25) is 0 Å². The maximum atomic E-state index is 12.7. The van der Waals surface area contributed by atoms with E-state index in [1.165, 1.54) is 0 Å². The molecule has 0 aliphatic carbocycles. The van der Waals surface area contributed by atoms with Gasteiger partial charge in [-0.2, -0.15) is 0 Å². The van der Waals surface area contributed by atoms with Gasteiger partial charge in [0.2, 0.25) is 0 Å². The molecule has 5 nitrogen and oxygen atoms in total. The predicted octanol–water partition coefficient (Wildman–Crippen LogP) is 4.19. The fourth-order valence-corrected chi connectivity index (χ4v) is 3.31. The van der Waals surface area contributed by atoms with Crippen molar-refractivity contribution in [3.63, 3.8) is 0 Å². The number of aliphatic hydroxyl groups is 1. The summed E-state index contributed by atoms with van der Waals surface area (Å²) >= 11 is 1.56. The Bertz CT molecular complexity index is 963. The first-order chi connectivity index (χ1) is 13.6. The fourth-order valence-electron chi connectivity index (χ4n) is 2.44. The molecule has 3 rings (SSSR count). The van der Waals surface area contributed by atoms with E-state index in [1.807, 2.05) is 67.7 Å². The van der Waals surface area contributed by atoms with Crippen molar-refractivity contribution in [2.45, 2.75) is 6.10 Å². The number of benzene rings is 1. The molecule has 2 aromatic heterocycles. The average molecular weight is 399 g/mol. The molecule has 0 fully saturated rings. The SMILES string of the molecule is CN(C)c1ccc(/C=C/C=C/c2nc3cc(OC(CO)CF)ccc3s2)cn1. The largest absolute Gasteiger partial charge is 0.485 e. The third kappa shape index (κ3) is 5.15. The third-order valence-corrected chi connectivity index (χ3v) is 4.92. The van der Waals surface area contributed by atoms with Crippen molar-refractivity contribution in [1.82, 2.24) is 9.97 Å². The van der Waals surface area contributed by atoms with Crippen molar-refractivity contribution in [3.05, 3.63) is 59.3 Å². The predicted molar refractivity (Wildman–Crippen MR) is 114 cm³/mol. The molecule has 0 spiro atoms. The van der Waals surface area contributed by atoms with Crippen molar-refractivity contribution in [2.24, 2.45) is 0 Å². The molecule has 1 atom stereocenters. The molecule has 0 bridgehead atoms. The second kappa shape index (κ2) is 9.43. The Hall–Kier alpha value is -2.77. The Balaban J connectivity index is 1.66. The van der Waals surface area contributed by atoms with Gasteiger partial charge in [-0.15, -0.1) is 11.3 Å². The van der Waals surface area contributed by atoms with Gasteiger partial charge in [0.05, 0.1) is 16.8 Å². The van der Waals surface area contributed by atoms with Gasteiger partial charge in [-0.25, -0.2) is 14.4 Å². The number of pyridine rings is 1. The van der Waals surface area contributed by atoms with E-state index in [1.54, 1.807) is 23.5 Å². The van der Waals surface area contributed by atoms with Gasteiger partial charge in [0.15, 0.2) is 0 Å². The molecular formula is C21H22FN3O2S. The van der Waals surface area contributed by atoms with Crippen LogP contribution in [0.2, 0.25) is 0 Å². The zero-order valence-corrected chi connectivity index (χ0v) is 16.6. The first-order valence-electron chi connectivity index (χ1n) is 8.81. The van der Waals surface area contributed by atoms with E-state index >= 15 is 0 Å². The van der Waals surface area contributed by atoms with Gasteiger partial charge in [0.1, 0.15) is 29.4 Å². The van der Waals surface area contributed by atoms with Gasteiger partial charge in [0.25, 0.3) is 0 Å². The lowest BCUT2D eigenvalue weighted by molar-refractivity contribution is 0.0933. The highest BCUT2D eigenvalue weighted by molar-refractivity contribution is 7.19. The van der Waals surface area contributed by atoms with E-state index in [-0.39, 0.29) is 6.61 Å². The number of hydrogen-bond acceptors (Lipinski definition) is 6. The van der Waals surface area contributed by atoms with E-state index in [0.29, 0.717) is 5.75 Å². The number of alkyl halides is 1. The minimum absolute atomic E-state index is 0.362. The number of halogens is 1. The number of anilines is 1. The van der Waals surface area contributed by atoms with Crippen LogP contribution in [-0.4, -0.2) is 48.6 Å². The first kappa shape index (κ1) is 20.0. The van der Waals surface area contributed by atoms with Crippen LogP contribution < -0.4 is 9.64 Å². The number of aliphatic hydroxyl groups excluding tert-OH is 1. The minimum Gasteiger partial charge on any atom is -0.485 e. The Morgan fingerprint density at radius 1 is 1.21 bits per heavy atom. The highest BCUT2D eigenvalue weighted by Crippen LogP contribution is 2.27. The average Bonchev–Trinajstić information content (AvgIpc) is 3.11. The molecule has 1 N–H and O–H groups in total. The van der Waals surface area contributed by atoms with Crippen LogP contribution in [0.1, 0.15) is 10.6 Å². The van der Waals surface area contributed by atoms with Crippen molar-refractivity contribution < 1.29 is 14.2 Å². The number of fused-ring (bicyclic) bond motifs is 1. The first-order valence-corrected chi connectivity index (χ1v) is 9.63. The molecule has 0 amide bonds. The van der Waals surface area contributed by atoms with Gasteiger partial charge < -0.3 is 14.7 Å². The second-order valence-electron chi connectivity index (χ2n) is 6.32. The standard InChI is InChI=1S/C21H22FN3O2S/c1-25(2)20-10-7-15(13-23-20)5-3-4-6-21-24-18-11-16(8-9-19(18)28-21)27-17(12-22)14-26/h3-11,13,17,26H,12,14H2,1-2H3/b5-3+,6-4+. The maximum absolute atomic E-state index is 12.7. The van der Waals surface area contributed by atoms with Crippen molar-refractivity contribution in [2.75, 3.05) is 32.3 Å². The maximum Gasteiger partial charge on any atom is 0.150 e. The summed E-state index contributed by atoms with van der Waals surface area (Å²) in [4.78, 5) is 10.9. The summed E-state index contributed by atoms with van der Waals surface area (Å²) < 4.78 is 19.1. The van der Waals surface area contributed by atoms with Gasteiger partial charge in [0, 0.05) is 26.4 Å². The zero-order chi connectivity index (χ0) is 19.9. The molecule has 1 aromatic carbocycles. The number of thiazole rings is 1. The van der Waals surface area contributed by atoms with Crippen LogP contribution in [0.15, 0.2) is 48.7 Å². The van der Waals surface area contributed by atoms with Crippen LogP contribution in [0, 0.1) is 0 Å². The summed E-state index contributed by atoms with van der Waals surface area (Å²) in [6.07, 6.45) is 8.77. The van der Waals surface area contributed by atoms with Crippen LogP contribution >= 0.6 is 11.3 Å². The van der Waals surface area contributed by atoms with Crippen molar-refractivity contribution in [3.8, 4) is 5.75 Å². The minimum atomic E-state index is -0.845. The monoisotopic (exact) mass is 399 g/mol. The molecule has 146 valence electrons. The van der Waals surface area contributed by atoms with E-state index < -0.39 is 12.8 Å². The Kier molecular flexibility index (Phi) is 6.73. The number of ether oxygens (including phenoxy) is 1. The highest BCUT2D eigenvalue weighted by atomic mass is 32.1. The summed E-state index contributed by atoms with van der Waals surface area (Å²) in [5.74, 6) is 1.42. The molecule has 2 heterocycles. The van der Waals surface area contributed by atoms with Crippen LogP contribution in [0.4, 0.5) is 10.2 Å². The molecule has 1 unspecified atom stereocenters. The summed E-state index contributed by atoms with van der Waals surface area (Å²) in [7, 11) is 3.92. The lowest BCUT2D eigenvalue weighted by Crippen LogP contribution is -2.23. The van der Waals surface area contributed by atoms with Gasteiger partial charge >= 0.3 is 0 Å².